The number of rotatable bonds is 7. The van der Waals surface area contributed by atoms with E-state index < -0.39 is 0 Å². The van der Waals surface area contributed by atoms with E-state index in [9.17, 15) is 4.79 Å². The number of hydrogen-bond acceptors (Lipinski definition) is 4. The molecule has 15 heavy (non-hydrogen) atoms. The van der Waals surface area contributed by atoms with Crippen molar-refractivity contribution in [2.75, 3.05) is 26.9 Å². The van der Waals surface area contributed by atoms with Crippen LogP contribution in [0.2, 0.25) is 0 Å². The molecule has 1 aromatic heterocycles. The van der Waals surface area contributed by atoms with Crippen LogP contribution in [0, 0.1) is 0 Å². The number of aryl methyl sites for hydroxylation is 2. The highest BCUT2D eigenvalue weighted by atomic mass is 16.5. The maximum absolute atomic E-state index is 11.3. The Morgan fingerprint density at radius 3 is 2.80 bits per heavy atom. The minimum Gasteiger partial charge on any atom is -0.382 e. The van der Waals surface area contributed by atoms with Crippen LogP contribution in [0.1, 0.15) is 6.42 Å². The first kappa shape index (κ1) is 11.9. The van der Waals surface area contributed by atoms with Gasteiger partial charge in [-0.25, -0.2) is 9.48 Å². The van der Waals surface area contributed by atoms with Gasteiger partial charge in [-0.15, -0.1) is 0 Å². The van der Waals surface area contributed by atoms with Crippen LogP contribution in [-0.4, -0.2) is 41.3 Å². The maximum Gasteiger partial charge on any atom is 0.345 e. The molecule has 0 fully saturated rings. The van der Waals surface area contributed by atoms with Gasteiger partial charge in [0.25, 0.3) is 0 Å². The van der Waals surface area contributed by atoms with Crippen molar-refractivity contribution in [3.05, 3.63) is 16.8 Å². The summed E-state index contributed by atoms with van der Waals surface area (Å²) in [6.07, 6.45) is 2.29. The minimum atomic E-state index is -0.0908. The van der Waals surface area contributed by atoms with Crippen molar-refractivity contribution < 1.29 is 9.47 Å². The van der Waals surface area contributed by atoms with E-state index in [1.807, 2.05) is 0 Å². The lowest BCUT2D eigenvalue weighted by molar-refractivity contribution is 0.0676. The second kappa shape index (κ2) is 6.36. The molecule has 6 nitrogen and oxygen atoms in total. The molecule has 1 heterocycles. The Balaban J connectivity index is 2.15. The minimum absolute atomic E-state index is 0.0908. The third-order valence-electron chi connectivity index (χ3n) is 1.98. The van der Waals surface area contributed by atoms with E-state index in [-0.39, 0.29) is 5.69 Å². The number of hydrogen-bond donors (Lipinski definition) is 0. The molecule has 0 aliphatic carbocycles. The average molecular weight is 215 g/mol. The molecule has 86 valence electrons. The summed E-state index contributed by atoms with van der Waals surface area (Å²) < 4.78 is 13.0. The predicted octanol–water partition coefficient (Wildman–Crippen LogP) is -0.365. The van der Waals surface area contributed by atoms with Gasteiger partial charge in [0.1, 0.15) is 6.33 Å². The molecule has 0 saturated heterocycles. The van der Waals surface area contributed by atoms with Crippen molar-refractivity contribution in [2.45, 2.75) is 13.0 Å². The highest BCUT2D eigenvalue weighted by Gasteiger charge is 2.00. The normalized spacial score (nSPS) is 10.8. The molecule has 0 spiro atoms. The Morgan fingerprint density at radius 2 is 2.20 bits per heavy atom. The third-order valence-corrected chi connectivity index (χ3v) is 1.98. The lowest BCUT2D eigenvalue weighted by Gasteiger charge is -2.02. The molecule has 0 amide bonds. The zero-order chi connectivity index (χ0) is 11.1. The van der Waals surface area contributed by atoms with Crippen LogP contribution < -0.4 is 5.69 Å². The molecule has 0 aromatic carbocycles. The Bertz CT molecular complexity index is 332. The standard InChI is InChI=1S/C9H17N3O3/c1-11-8-10-12(9(11)13)4-3-5-15-7-6-14-2/h8H,3-7H2,1-2H3. The highest BCUT2D eigenvalue weighted by Crippen LogP contribution is 1.86. The zero-order valence-corrected chi connectivity index (χ0v) is 9.18. The summed E-state index contributed by atoms with van der Waals surface area (Å²) in [7, 11) is 3.32. The third kappa shape index (κ3) is 3.85. The lowest BCUT2D eigenvalue weighted by Crippen LogP contribution is -2.23. The molecule has 1 rings (SSSR count). The van der Waals surface area contributed by atoms with Crippen LogP contribution in [-0.2, 0) is 23.1 Å². The summed E-state index contributed by atoms with van der Waals surface area (Å²) in [4.78, 5) is 11.3. The molecule has 0 atom stereocenters. The summed E-state index contributed by atoms with van der Waals surface area (Å²) in [5.74, 6) is 0. The van der Waals surface area contributed by atoms with E-state index in [1.165, 1.54) is 15.6 Å². The molecule has 0 aliphatic rings. The molecule has 1 aromatic rings. The summed E-state index contributed by atoms with van der Waals surface area (Å²) in [5, 5.41) is 3.94. The highest BCUT2D eigenvalue weighted by molar-refractivity contribution is 4.64. The van der Waals surface area contributed by atoms with Crippen molar-refractivity contribution >= 4 is 0 Å². The van der Waals surface area contributed by atoms with E-state index in [0.29, 0.717) is 26.4 Å². The molecule has 0 saturated carbocycles. The predicted molar refractivity (Wildman–Crippen MR) is 54.8 cm³/mol. The van der Waals surface area contributed by atoms with Crippen LogP contribution in [0.5, 0.6) is 0 Å². The van der Waals surface area contributed by atoms with Gasteiger partial charge < -0.3 is 9.47 Å². The van der Waals surface area contributed by atoms with Crippen LogP contribution in [0.3, 0.4) is 0 Å². The van der Waals surface area contributed by atoms with Gasteiger partial charge in [-0.1, -0.05) is 0 Å². The Kier molecular flexibility index (Phi) is 5.06. The van der Waals surface area contributed by atoms with Gasteiger partial charge in [-0.3, -0.25) is 4.57 Å². The number of nitrogens with zero attached hydrogens (tertiary/aromatic N) is 3. The number of methoxy groups -OCH3 is 1. The van der Waals surface area contributed by atoms with Crippen LogP contribution in [0.15, 0.2) is 11.1 Å². The summed E-state index contributed by atoms with van der Waals surface area (Å²) in [6, 6.07) is 0. The maximum atomic E-state index is 11.3. The quantitative estimate of drug-likeness (QED) is 0.583. The SMILES string of the molecule is COCCOCCCn1ncn(C)c1=O. The van der Waals surface area contributed by atoms with Gasteiger partial charge in [0, 0.05) is 27.3 Å². The fourth-order valence-electron chi connectivity index (χ4n) is 1.13. The van der Waals surface area contributed by atoms with Gasteiger partial charge in [0.05, 0.1) is 13.2 Å². The molecule has 0 bridgehead atoms. The first-order valence-electron chi connectivity index (χ1n) is 4.91. The van der Waals surface area contributed by atoms with Crippen LogP contribution in [0.4, 0.5) is 0 Å². The molecule has 0 N–H and O–H groups in total. The molecule has 0 unspecified atom stereocenters. The molecule has 6 heteroatoms. The number of ether oxygens (including phenoxy) is 2. The summed E-state index contributed by atoms with van der Waals surface area (Å²) in [6.45, 7) is 2.40. The fourth-order valence-corrected chi connectivity index (χ4v) is 1.13. The summed E-state index contributed by atoms with van der Waals surface area (Å²) >= 11 is 0. The first-order valence-corrected chi connectivity index (χ1v) is 4.91. The second-order valence-corrected chi connectivity index (χ2v) is 3.21. The van der Waals surface area contributed by atoms with Crippen molar-refractivity contribution in [3.8, 4) is 0 Å². The van der Waals surface area contributed by atoms with Gasteiger partial charge in [-0.05, 0) is 6.42 Å². The van der Waals surface area contributed by atoms with Gasteiger partial charge in [-0.2, -0.15) is 5.10 Å². The molecular formula is C9H17N3O3. The largest absolute Gasteiger partial charge is 0.382 e. The number of aromatic nitrogens is 3. The molecule has 0 radical (unpaired) electrons. The average Bonchev–Trinajstić information content (AvgIpc) is 2.54. The van der Waals surface area contributed by atoms with E-state index in [0.717, 1.165) is 6.42 Å². The smallest absolute Gasteiger partial charge is 0.345 e. The van der Waals surface area contributed by atoms with Crippen molar-refractivity contribution in [3.63, 3.8) is 0 Å². The Labute approximate surface area is 88.4 Å². The molecule has 0 aliphatic heterocycles. The van der Waals surface area contributed by atoms with Crippen LogP contribution >= 0.6 is 0 Å². The molecular weight excluding hydrogens is 198 g/mol. The Hall–Kier alpha value is -1.14. The zero-order valence-electron chi connectivity index (χ0n) is 9.18. The fraction of sp³-hybridized carbons (Fsp3) is 0.778. The topological polar surface area (TPSA) is 58.3 Å². The summed E-state index contributed by atoms with van der Waals surface area (Å²) in [5.41, 5.74) is -0.0908. The monoisotopic (exact) mass is 215 g/mol. The van der Waals surface area contributed by atoms with E-state index in [1.54, 1.807) is 14.2 Å². The second-order valence-electron chi connectivity index (χ2n) is 3.21. The Morgan fingerprint density at radius 1 is 1.40 bits per heavy atom. The first-order chi connectivity index (χ1) is 7.25. The van der Waals surface area contributed by atoms with Crippen molar-refractivity contribution in [1.82, 2.24) is 14.3 Å². The van der Waals surface area contributed by atoms with E-state index >= 15 is 0 Å². The van der Waals surface area contributed by atoms with Crippen molar-refractivity contribution in [2.24, 2.45) is 7.05 Å². The van der Waals surface area contributed by atoms with Gasteiger partial charge in [0.2, 0.25) is 0 Å². The van der Waals surface area contributed by atoms with Crippen molar-refractivity contribution in [1.29, 1.82) is 0 Å². The van der Waals surface area contributed by atoms with Gasteiger partial charge in [0.15, 0.2) is 0 Å². The lowest BCUT2D eigenvalue weighted by atomic mass is 10.4. The van der Waals surface area contributed by atoms with E-state index in [4.69, 9.17) is 9.47 Å². The van der Waals surface area contributed by atoms with Gasteiger partial charge >= 0.3 is 5.69 Å². The van der Waals surface area contributed by atoms with E-state index in [2.05, 4.69) is 5.10 Å². The van der Waals surface area contributed by atoms with Crippen LogP contribution in [0.25, 0.3) is 0 Å².